The highest BCUT2D eigenvalue weighted by Gasteiger charge is 2.22. The van der Waals surface area contributed by atoms with Crippen molar-refractivity contribution in [3.05, 3.63) is 93.2 Å². The Morgan fingerprint density at radius 3 is 2.29 bits per heavy atom. The number of hydrogen-bond acceptors (Lipinski definition) is 4. The summed E-state index contributed by atoms with van der Waals surface area (Å²) in [7, 11) is 0. The summed E-state index contributed by atoms with van der Waals surface area (Å²) in [5.41, 5.74) is 21.2. The van der Waals surface area contributed by atoms with Gasteiger partial charge in [-0.25, -0.2) is 4.39 Å². The van der Waals surface area contributed by atoms with Crippen LogP contribution in [0.4, 0.5) is 15.8 Å². The van der Waals surface area contributed by atoms with E-state index in [0.717, 1.165) is 5.56 Å². The molecule has 2 unspecified atom stereocenters. The molecule has 0 saturated heterocycles. The van der Waals surface area contributed by atoms with Gasteiger partial charge in [0.25, 0.3) is 0 Å². The Labute approximate surface area is 190 Å². The summed E-state index contributed by atoms with van der Waals surface area (Å²) in [4.78, 5) is 13.0. The van der Waals surface area contributed by atoms with Crippen LogP contribution in [0.15, 0.2) is 60.7 Å². The molecule has 5 nitrogen and oxygen atoms in total. The first-order valence-electron chi connectivity index (χ1n) is 9.66. The van der Waals surface area contributed by atoms with Crippen molar-refractivity contribution in [2.75, 3.05) is 17.6 Å². The Kier molecular flexibility index (Phi) is 7.51. The number of anilines is 2. The highest BCUT2D eigenvalue weighted by Crippen LogP contribution is 2.31. The molecule has 0 aliphatic heterocycles. The number of carbonyl (C=O) groups is 1. The lowest BCUT2D eigenvalue weighted by Gasteiger charge is -2.19. The molecule has 8 heteroatoms. The molecule has 0 bridgehead atoms. The molecular formula is C23H23Cl2FN4O. The second kappa shape index (κ2) is 10.1. The summed E-state index contributed by atoms with van der Waals surface area (Å²) in [5, 5.41) is 3.68. The highest BCUT2D eigenvalue weighted by atomic mass is 35.5. The lowest BCUT2D eigenvalue weighted by Crippen LogP contribution is -2.24. The van der Waals surface area contributed by atoms with Crippen molar-refractivity contribution in [3.63, 3.8) is 0 Å². The van der Waals surface area contributed by atoms with E-state index >= 15 is 0 Å². The summed E-state index contributed by atoms with van der Waals surface area (Å²) in [6, 6.07) is 15.5. The van der Waals surface area contributed by atoms with Crippen molar-refractivity contribution in [1.82, 2.24) is 0 Å². The molecule has 2 atom stereocenters. The van der Waals surface area contributed by atoms with Gasteiger partial charge in [0, 0.05) is 11.4 Å². The van der Waals surface area contributed by atoms with Gasteiger partial charge in [0.15, 0.2) is 0 Å². The molecule has 3 aromatic carbocycles. The molecule has 7 N–H and O–H groups in total. The van der Waals surface area contributed by atoms with E-state index in [2.05, 4.69) is 5.32 Å². The summed E-state index contributed by atoms with van der Waals surface area (Å²) < 4.78 is 13.2. The van der Waals surface area contributed by atoms with Crippen LogP contribution in [0.3, 0.4) is 0 Å². The molecule has 3 rings (SSSR count). The van der Waals surface area contributed by atoms with Crippen LogP contribution in [-0.4, -0.2) is 12.5 Å². The van der Waals surface area contributed by atoms with Crippen molar-refractivity contribution in [2.24, 2.45) is 11.5 Å². The van der Waals surface area contributed by atoms with E-state index in [1.807, 2.05) is 0 Å². The summed E-state index contributed by atoms with van der Waals surface area (Å²) in [5.74, 6) is -1.10. The van der Waals surface area contributed by atoms with Crippen LogP contribution < -0.4 is 22.5 Å². The summed E-state index contributed by atoms with van der Waals surface area (Å²) >= 11 is 12.1. The normalized spacial score (nSPS) is 12.9. The van der Waals surface area contributed by atoms with E-state index in [1.54, 1.807) is 48.5 Å². The number of amides is 1. The standard InChI is InChI=1S/C23H23Cl2FN4O/c24-19-7-3-14(11-20(19)25)17(9-10-27)23(31)30-16-6-8-21(28)18(12-16)22(29)13-1-4-15(26)5-2-13/h1-8,11-12,17,22H,9-10,27-29H2,(H,30,31). The van der Waals surface area contributed by atoms with E-state index in [4.69, 9.17) is 40.4 Å². The predicted molar refractivity (Wildman–Crippen MR) is 125 cm³/mol. The zero-order valence-corrected chi connectivity index (χ0v) is 18.1. The maximum absolute atomic E-state index is 13.2. The molecule has 0 spiro atoms. The topological polar surface area (TPSA) is 107 Å². The maximum atomic E-state index is 13.2. The van der Waals surface area contributed by atoms with E-state index in [0.29, 0.717) is 45.5 Å². The van der Waals surface area contributed by atoms with E-state index in [-0.39, 0.29) is 11.7 Å². The Morgan fingerprint density at radius 1 is 0.968 bits per heavy atom. The zero-order chi connectivity index (χ0) is 22.5. The van der Waals surface area contributed by atoms with Gasteiger partial charge in [-0.05, 0) is 72.1 Å². The first-order valence-corrected chi connectivity index (χ1v) is 10.4. The third-order valence-electron chi connectivity index (χ3n) is 5.04. The van der Waals surface area contributed by atoms with E-state index < -0.39 is 12.0 Å². The molecule has 0 aliphatic rings. The fraction of sp³-hybridized carbons (Fsp3) is 0.174. The second-order valence-corrected chi connectivity index (χ2v) is 7.98. The molecule has 0 aliphatic carbocycles. The number of nitrogens with one attached hydrogen (secondary N) is 1. The Balaban J connectivity index is 1.85. The molecule has 0 fully saturated rings. The smallest absolute Gasteiger partial charge is 0.231 e. The van der Waals surface area contributed by atoms with Crippen molar-refractivity contribution < 1.29 is 9.18 Å². The van der Waals surface area contributed by atoms with Gasteiger partial charge in [0.05, 0.1) is 22.0 Å². The second-order valence-electron chi connectivity index (χ2n) is 7.17. The first kappa shape index (κ1) is 23.0. The van der Waals surface area contributed by atoms with Gasteiger partial charge >= 0.3 is 0 Å². The molecule has 0 radical (unpaired) electrons. The van der Waals surface area contributed by atoms with Crippen molar-refractivity contribution in [3.8, 4) is 0 Å². The third-order valence-corrected chi connectivity index (χ3v) is 5.78. The number of benzene rings is 3. The maximum Gasteiger partial charge on any atom is 0.231 e. The van der Waals surface area contributed by atoms with Crippen LogP contribution in [0.2, 0.25) is 10.0 Å². The number of rotatable bonds is 7. The molecule has 0 aromatic heterocycles. The Hall–Kier alpha value is -2.64. The van der Waals surface area contributed by atoms with Crippen molar-refractivity contribution in [1.29, 1.82) is 0 Å². The molecule has 162 valence electrons. The fourth-order valence-corrected chi connectivity index (χ4v) is 3.65. The minimum atomic E-state index is -0.577. The number of nitrogen functional groups attached to an aromatic ring is 1. The molecule has 31 heavy (non-hydrogen) atoms. The molecule has 0 saturated carbocycles. The van der Waals surface area contributed by atoms with Crippen molar-refractivity contribution >= 4 is 40.5 Å². The fourth-order valence-electron chi connectivity index (χ4n) is 3.35. The van der Waals surface area contributed by atoms with Gasteiger partial charge in [0.1, 0.15) is 5.82 Å². The predicted octanol–water partition coefficient (Wildman–Crippen LogP) is 4.83. The van der Waals surface area contributed by atoms with Crippen molar-refractivity contribution in [2.45, 2.75) is 18.4 Å². The van der Waals surface area contributed by atoms with Crippen LogP contribution >= 0.6 is 23.2 Å². The van der Waals surface area contributed by atoms with Gasteiger partial charge in [-0.15, -0.1) is 0 Å². The molecule has 0 heterocycles. The average molecular weight is 461 g/mol. The minimum absolute atomic E-state index is 0.241. The first-order chi connectivity index (χ1) is 14.8. The van der Waals surface area contributed by atoms with E-state index in [9.17, 15) is 9.18 Å². The van der Waals surface area contributed by atoms with Crippen LogP contribution in [0.25, 0.3) is 0 Å². The molecular weight excluding hydrogens is 438 g/mol. The van der Waals surface area contributed by atoms with Crippen LogP contribution in [-0.2, 0) is 4.79 Å². The van der Waals surface area contributed by atoms with Crippen LogP contribution in [0, 0.1) is 5.82 Å². The van der Waals surface area contributed by atoms with Crippen LogP contribution in [0.1, 0.15) is 35.1 Å². The largest absolute Gasteiger partial charge is 0.398 e. The highest BCUT2D eigenvalue weighted by molar-refractivity contribution is 6.42. The Morgan fingerprint density at radius 2 is 1.65 bits per heavy atom. The lowest BCUT2D eigenvalue weighted by atomic mass is 9.94. The van der Waals surface area contributed by atoms with Crippen LogP contribution in [0.5, 0.6) is 0 Å². The SMILES string of the molecule is NCCC(C(=O)Nc1ccc(N)c(C(N)c2ccc(F)cc2)c1)c1ccc(Cl)c(Cl)c1. The number of halogens is 3. The number of nitrogens with two attached hydrogens (primary N) is 3. The Bertz CT molecular complexity index is 1080. The summed E-state index contributed by atoms with van der Waals surface area (Å²) in [6.45, 7) is 0.320. The minimum Gasteiger partial charge on any atom is -0.398 e. The number of hydrogen-bond donors (Lipinski definition) is 4. The zero-order valence-electron chi connectivity index (χ0n) is 16.6. The summed E-state index contributed by atoms with van der Waals surface area (Å²) in [6.07, 6.45) is 0.431. The van der Waals surface area contributed by atoms with Gasteiger partial charge in [-0.1, -0.05) is 41.4 Å². The van der Waals surface area contributed by atoms with Gasteiger partial charge in [0.2, 0.25) is 5.91 Å². The van der Waals surface area contributed by atoms with Gasteiger partial charge in [-0.2, -0.15) is 0 Å². The third kappa shape index (κ3) is 5.54. The lowest BCUT2D eigenvalue weighted by molar-refractivity contribution is -0.117. The quantitative estimate of drug-likeness (QED) is 0.378. The van der Waals surface area contributed by atoms with E-state index in [1.165, 1.54) is 12.1 Å². The molecule has 3 aromatic rings. The molecule has 1 amide bonds. The monoisotopic (exact) mass is 460 g/mol. The van der Waals surface area contributed by atoms with Gasteiger partial charge in [-0.3, -0.25) is 4.79 Å². The number of carbonyl (C=O) groups excluding carboxylic acids is 1. The van der Waals surface area contributed by atoms with Gasteiger partial charge < -0.3 is 22.5 Å². The average Bonchev–Trinajstić information content (AvgIpc) is 2.75.